The third-order valence-electron chi connectivity index (χ3n) is 2.15. The molecule has 0 saturated heterocycles. The summed E-state index contributed by atoms with van der Waals surface area (Å²) >= 11 is 0. The first-order valence-electron chi connectivity index (χ1n) is 4.50. The van der Waals surface area contributed by atoms with Gasteiger partial charge in [0.15, 0.2) is 17.8 Å². The Labute approximate surface area is 87.7 Å². The molecule has 2 N–H and O–H groups in total. The van der Waals surface area contributed by atoms with Gasteiger partial charge in [-0.1, -0.05) is 12.1 Å². The van der Waals surface area contributed by atoms with E-state index in [2.05, 4.69) is 0 Å². The molecule has 4 nitrogen and oxygen atoms in total. The van der Waals surface area contributed by atoms with Crippen LogP contribution >= 0.6 is 0 Å². The molecule has 0 aromatic heterocycles. The van der Waals surface area contributed by atoms with Gasteiger partial charge in [0.25, 0.3) is 0 Å². The van der Waals surface area contributed by atoms with Crippen molar-refractivity contribution in [2.24, 2.45) is 5.73 Å². The number of carbonyl (C=O) groups is 2. The highest BCUT2D eigenvalue weighted by molar-refractivity contribution is 6.00. The van der Waals surface area contributed by atoms with Crippen molar-refractivity contribution in [1.29, 1.82) is 0 Å². The Balaban J connectivity index is 3.33. The Bertz CT molecular complexity index is 410. The highest BCUT2D eigenvalue weighted by Gasteiger charge is 2.14. The molecule has 0 aliphatic heterocycles. The molecule has 1 atom stereocenters. The number of hydrogen-bond acceptors (Lipinski definition) is 3. The molecule has 0 spiro atoms. The van der Waals surface area contributed by atoms with Gasteiger partial charge in [-0.2, -0.15) is 0 Å². The Morgan fingerprint density at radius 2 is 1.80 bits per heavy atom. The second-order valence-corrected chi connectivity index (χ2v) is 3.34. The number of rotatable bonds is 3. The van der Waals surface area contributed by atoms with Gasteiger partial charge in [-0.15, -0.1) is 0 Å². The average Bonchev–Trinajstić information content (AvgIpc) is 2.16. The van der Waals surface area contributed by atoms with Crippen LogP contribution in [0, 0.1) is 0 Å². The van der Waals surface area contributed by atoms with Crippen molar-refractivity contribution in [2.75, 3.05) is 0 Å². The lowest BCUT2D eigenvalue weighted by Gasteiger charge is -2.09. The van der Waals surface area contributed by atoms with Gasteiger partial charge in [0, 0.05) is 16.7 Å². The van der Waals surface area contributed by atoms with E-state index in [1.165, 1.54) is 32.0 Å². The number of nitrogens with two attached hydrogens (primary N) is 1. The lowest BCUT2D eigenvalue weighted by molar-refractivity contribution is 0.0899. The first-order valence-corrected chi connectivity index (χ1v) is 4.50. The van der Waals surface area contributed by atoms with E-state index in [4.69, 9.17) is 5.73 Å². The summed E-state index contributed by atoms with van der Waals surface area (Å²) in [6.07, 6.45) is -1.45. The van der Waals surface area contributed by atoms with E-state index in [9.17, 15) is 14.7 Å². The summed E-state index contributed by atoms with van der Waals surface area (Å²) in [5, 5.41) is 11.1. The van der Waals surface area contributed by atoms with E-state index in [1.54, 1.807) is 0 Å². The fourth-order valence-electron chi connectivity index (χ4n) is 1.33. The lowest BCUT2D eigenvalue weighted by atomic mass is 9.99. The first-order chi connectivity index (χ1) is 6.93. The Morgan fingerprint density at radius 1 is 1.20 bits per heavy atom. The Morgan fingerprint density at radius 3 is 2.20 bits per heavy atom. The van der Waals surface area contributed by atoms with Crippen LogP contribution < -0.4 is 5.73 Å². The van der Waals surface area contributed by atoms with Crippen LogP contribution in [0.2, 0.25) is 0 Å². The highest BCUT2D eigenvalue weighted by atomic mass is 16.3. The maximum atomic E-state index is 11.2. The van der Waals surface area contributed by atoms with Gasteiger partial charge in [-0.25, -0.2) is 5.11 Å². The second kappa shape index (κ2) is 4.33. The maximum Gasteiger partial charge on any atom is 0.167 e. The predicted molar refractivity (Wildman–Crippen MR) is 54.1 cm³/mol. The van der Waals surface area contributed by atoms with Crippen LogP contribution in [-0.2, 0) is 5.11 Å². The van der Waals surface area contributed by atoms with Crippen LogP contribution in [0.15, 0.2) is 18.2 Å². The zero-order valence-corrected chi connectivity index (χ0v) is 8.61. The molecule has 1 radical (unpaired) electrons. The third-order valence-corrected chi connectivity index (χ3v) is 2.15. The van der Waals surface area contributed by atoms with Gasteiger partial charge in [-0.05, 0) is 19.9 Å². The number of carbonyl (C=O) groups excluding carboxylic acids is 2. The predicted octanol–water partition coefficient (Wildman–Crippen LogP) is 1.48. The molecule has 0 heterocycles. The number of Topliss-reactive ketones (excluding diaryl/α,β-unsaturated/α-hetero) is 2. The molecular formula is C11H12NO3. The molecule has 0 aliphatic carbocycles. The highest BCUT2D eigenvalue weighted by Crippen LogP contribution is 2.18. The molecule has 0 aliphatic rings. The minimum absolute atomic E-state index is 0.150. The number of ketones is 2. The van der Waals surface area contributed by atoms with E-state index in [1.807, 2.05) is 0 Å². The largest absolute Gasteiger partial charge is 0.300 e. The monoisotopic (exact) mass is 206 g/mol. The normalized spacial score (nSPS) is 12.3. The maximum absolute atomic E-state index is 11.2. The molecule has 1 unspecified atom stereocenters. The Kier molecular flexibility index (Phi) is 3.34. The second-order valence-electron chi connectivity index (χ2n) is 3.34. The summed E-state index contributed by atoms with van der Waals surface area (Å²) in [7, 11) is 0. The van der Waals surface area contributed by atoms with E-state index in [0.29, 0.717) is 5.56 Å². The van der Waals surface area contributed by atoms with E-state index >= 15 is 0 Å². The fourth-order valence-corrected chi connectivity index (χ4v) is 1.33. The molecular weight excluding hydrogens is 194 g/mol. The molecule has 1 aromatic carbocycles. The van der Waals surface area contributed by atoms with Gasteiger partial charge in [0.2, 0.25) is 0 Å². The molecule has 15 heavy (non-hydrogen) atoms. The zero-order chi connectivity index (χ0) is 11.6. The summed E-state index contributed by atoms with van der Waals surface area (Å²) in [6, 6.07) is 4.35. The minimum atomic E-state index is -1.45. The molecule has 1 rings (SSSR count). The zero-order valence-electron chi connectivity index (χ0n) is 8.61. The molecule has 0 fully saturated rings. The molecule has 1 aromatic rings. The fraction of sp³-hybridized carbons (Fsp3) is 0.273. The van der Waals surface area contributed by atoms with Crippen molar-refractivity contribution in [3.05, 3.63) is 34.9 Å². The van der Waals surface area contributed by atoms with Gasteiger partial charge in [0.1, 0.15) is 0 Å². The van der Waals surface area contributed by atoms with E-state index < -0.39 is 6.23 Å². The van der Waals surface area contributed by atoms with Gasteiger partial charge < -0.3 is 0 Å². The van der Waals surface area contributed by atoms with Crippen molar-refractivity contribution in [1.82, 2.24) is 0 Å². The quantitative estimate of drug-likeness (QED) is 0.600. The van der Waals surface area contributed by atoms with Crippen LogP contribution in [0.5, 0.6) is 0 Å². The van der Waals surface area contributed by atoms with Gasteiger partial charge >= 0.3 is 0 Å². The van der Waals surface area contributed by atoms with E-state index in [-0.39, 0.29) is 22.7 Å². The van der Waals surface area contributed by atoms with Crippen LogP contribution in [-0.4, -0.2) is 11.6 Å². The smallest absolute Gasteiger partial charge is 0.167 e. The molecule has 0 saturated carbocycles. The van der Waals surface area contributed by atoms with Crippen molar-refractivity contribution < 1.29 is 14.7 Å². The molecule has 79 valence electrons. The SMILES string of the molecule is CC(=O)c1ccc(C(N)[O])c(C(C)=O)c1. The van der Waals surface area contributed by atoms with Crippen LogP contribution in [0.3, 0.4) is 0 Å². The average molecular weight is 206 g/mol. The number of benzene rings is 1. The molecule has 0 bridgehead atoms. The van der Waals surface area contributed by atoms with Gasteiger partial charge in [-0.3, -0.25) is 15.3 Å². The molecule has 0 amide bonds. The summed E-state index contributed by atoms with van der Waals surface area (Å²) in [6.45, 7) is 2.74. The Hall–Kier alpha value is -1.52. The topological polar surface area (TPSA) is 80.1 Å². The summed E-state index contributed by atoms with van der Waals surface area (Å²) in [5.41, 5.74) is 6.05. The molecule has 4 heteroatoms. The number of hydrogen-bond donors (Lipinski definition) is 1. The van der Waals surface area contributed by atoms with E-state index in [0.717, 1.165) is 0 Å². The van der Waals surface area contributed by atoms with Crippen molar-refractivity contribution in [2.45, 2.75) is 20.1 Å². The van der Waals surface area contributed by atoms with Crippen LogP contribution in [0.25, 0.3) is 0 Å². The van der Waals surface area contributed by atoms with Crippen molar-refractivity contribution in [3.8, 4) is 0 Å². The summed E-state index contributed by atoms with van der Waals surface area (Å²) < 4.78 is 0. The first kappa shape index (κ1) is 11.6. The van der Waals surface area contributed by atoms with Crippen molar-refractivity contribution in [3.63, 3.8) is 0 Å². The minimum Gasteiger partial charge on any atom is -0.300 e. The van der Waals surface area contributed by atoms with Crippen LogP contribution in [0.4, 0.5) is 0 Å². The summed E-state index contributed by atoms with van der Waals surface area (Å²) in [5.74, 6) is -0.414. The van der Waals surface area contributed by atoms with Crippen molar-refractivity contribution >= 4 is 11.6 Å². The van der Waals surface area contributed by atoms with Crippen LogP contribution in [0.1, 0.15) is 46.4 Å². The standard InChI is InChI=1S/C11H12NO3/c1-6(13)8-3-4-9(11(12)15)10(5-8)7(2)14/h3-5,11H,12H2,1-2H3. The van der Waals surface area contributed by atoms with Gasteiger partial charge in [0.05, 0.1) is 0 Å². The lowest BCUT2D eigenvalue weighted by Crippen LogP contribution is -2.13. The third kappa shape index (κ3) is 2.49. The summed E-state index contributed by atoms with van der Waals surface area (Å²) in [4.78, 5) is 22.3.